The Morgan fingerprint density at radius 3 is 2.24 bits per heavy atom. The summed E-state index contributed by atoms with van der Waals surface area (Å²) in [7, 11) is -1.45. The molecule has 0 aliphatic heterocycles. The van der Waals surface area contributed by atoms with Crippen molar-refractivity contribution in [2.75, 3.05) is 19.5 Å². The third-order valence-corrected chi connectivity index (χ3v) is 5.42. The minimum Gasteiger partial charge on any atom is -0.493 e. The lowest BCUT2D eigenvalue weighted by Gasteiger charge is -2.17. The molecular weight excluding hydrogens is 413 g/mol. The molecule has 11 heteroatoms. The minimum atomic E-state index is -4.67. The van der Waals surface area contributed by atoms with Crippen LogP contribution in [0, 0.1) is 0 Å². The number of anilines is 1. The first-order valence-corrected chi connectivity index (χ1v) is 9.69. The van der Waals surface area contributed by atoms with Gasteiger partial charge in [-0.1, -0.05) is 12.1 Å². The van der Waals surface area contributed by atoms with E-state index in [1.54, 1.807) is 0 Å². The molecule has 7 nitrogen and oxygen atoms in total. The summed E-state index contributed by atoms with van der Waals surface area (Å²) < 4.78 is 76.4. The molecule has 0 saturated carbocycles. The molecular formula is C18H19F3N2O5S. The minimum absolute atomic E-state index is 0.159. The van der Waals surface area contributed by atoms with Gasteiger partial charge in [-0.05, 0) is 31.2 Å². The topological polar surface area (TPSA) is 93.7 Å². The number of hydrogen-bond donors (Lipinski definition) is 2. The molecule has 0 bridgehead atoms. The summed E-state index contributed by atoms with van der Waals surface area (Å²) in [6.45, 7) is 1.21. The molecule has 0 aliphatic carbocycles. The van der Waals surface area contributed by atoms with Crippen molar-refractivity contribution in [3.05, 3.63) is 48.0 Å². The normalized spacial score (nSPS) is 12.9. The van der Waals surface area contributed by atoms with E-state index in [9.17, 15) is 26.4 Å². The number of carbonyl (C=O) groups excluding carboxylic acids is 1. The van der Waals surface area contributed by atoms with Crippen molar-refractivity contribution >= 4 is 21.6 Å². The first kappa shape index (κ1) is 22.5. The number of alkyl halides is 3. The Morgan fingerprint density at radius 2 is 1.66 bits per heavy atom. The molecule has 29 heavy (non-hydrogen) atoms. The lowest BCUT2D eigenvalue weighted by Crippen LogP contribution is -2.41. The number of benzene rings is 2. The summed E-state index contributed by atoms with van der Waals surface area (Å²) in [5, 5.41) is 2.10. The van der Waals surface area contributed by atoms with Crippen LogP contribution in [0.2, 0.25) is 0 Å². The molecule has 0 saturated heterocycles. The van der Waals surface area contributed by atoms with E-state index in [0.717, 1.165) is 12.1 Å². The Labute approximate surface area is 165 Å². The number of rotatable bonds is 7. The van der Waals surface area contributed by atoms with Crippen molar-refractivity contribution in [3.63, 3.8) is 0 Å². The van der Waals surface area contributed by atoms with Crippen LogP contribution in [0.15, 0.2) is 47.4 Å². The number of amides is 1. The third-order valence-electron chi connectivity index (χ3n) is 3.88. The van der Waals surface area contributed by atoms with Gasteiger partial charge < -0.3 is 14.8 Å². The van der Waals surface area contributed by atoms with Crippen molar-refractivity contribution < 1.29 is 35.9 Å². The maximum Gasteiger partial charge on any atom is 0.418 e. The second-order valence-corrected chi connectivity index (χ2v) is 7.61. The summed E-state index contributed by atoms with van der Waals surface area (Å²) in [6, 6.07) is 6.86. The second-order valence-electron chi connectivity index (χ2n) is 5.89. The van der Waals surface area contributed by atoms with Gasteiger partial charge in [0.15, 0.2) is 11.5 Å². The van der Waals surface area contributed by atoms with Crippen LogP contribution in [-0.4, -0.2) is 34.6 Å². The van der Waals surface area contributed by atoms with Gasteiger partial charge in [0.05, 0.1) is 36.4 Å². The lowest BCUT2D eigenvalue weighted by atomic mass is 10.1. The van der Waals surface area contributed by atoms with E-state index in [1.165, 1.54) is 51.5 Å². The Kier molecular flexibility index (Phi) is 6.75. The molecule has 2 rings (SSSR count). The van der Waals surface area contributed by atoms with Gasteiger partial charge in [-0.3, -0.25) is 4.79 Å². The molecule has 2 aromatic carbocycles. The van der Waals surface area contributed by atoms with Gasteiger partial charge in [0, 0.05) is 6.07 Å². The van der Waals surface area contributed by atoms with E-state index in [0.29, 0.717) is 5.75 Å². The number of halogens is 3. The van der Waals surface area contributed by atoms with E-state index < -0.39 is 39.4 Å². The molecule has 158 valence electrons. The fourth-order valence-corrected chi connectivity index (χ4v) is 3.64. The Balaban J connectivity index is 2.19. The summed E-state index contributed by atoms with van der Waals surface area (Å²) >= 11 is 0. The molecule has 2 N–H and O–H groups in total. The van der Waals surface area contributed by atoms with Crippen molar-refractivity contribution in [1.29, 1.82) is 0 Å². The number of methoxy groups -OCH3 is 2. The van der Waals surface area contributed by atoms with Crippen LogP contribution in [0.25, 0.3) is 0 Å². The highest BCUT2D eigenvalue weighted by Crippen LogP contribution is 2.34. The molecule has 0 fully saturated rings. The van der Waals surface area contributed by atoms with E-state index in [2.05, 4.69) is 10.0 Å². The zero-order valence-electron chi connectivity index (χ0n) is 15.7. The monoisotopic (exact) mass is 432 g/mol. The number of carbonyl (C=O) groups is 1. The number of para-hydroxylation sites is 1. The van der Waals surface area contributed by atoms with Crippen LogP contribution in [-0.2, 0) is 21.0 Å². The maximum absolute atomic E-state index is 13.0. The summed E-state index contributed by atoms with van der Waals surface area (Å²) in [6.07, 6.45) is -4.67. The predicted octanol–water partition coefficient (Wildman–Crippen LogP) is 3.03. The van der Waals surface area contributed by atoms with Crippen LogP contribution in [0.1, 0.15) is 12.5 Å². The molecule has 2 aromatic rings. The molecule has 1 atom stereocenters. The van der Waals surface area contributed by atoms with E-state index >= 15 is 0 Å². The highest BCUT2D eigenvalue weighted by atomic mass is 32.2. The SMILES string of the molecule is COc1ccc(S(=O)(=O)N[C@@H](C)C(=O)Nc2ccccc2C(F)(F)F)cc1OC. The molecule has 0 spiro atoms. The summed E-state index contributed by atoms with van der Waals surface area (Å²) in [5.41, 5.74) is -1.51. The number of nitrogens with one attached hydrogen (secondary N) is 2. The predicted molar refractivity (Wildman–Crippen MR) is 99.4 cm³/mol. The van der Waals surface area contributed by atoms with Crippen LogP contribution < -0.4 is 19.5 Å². The number of hydrogen-bond acceptors (Lipinski definition) is 5. The summed E-state index contributed by atoms with van der Waals surface area (Å²) in [4.78, 5) is 12.1. The van der Waals surface area contributed by atoms with Gasteiger partial charge in [0.2, 0.25) is 15.9 Å². The average Bonchev–Trinajstić information content (AvgIpc) is 2.66. The van der Waals surface area contributed by atoms with E-state index in [4.69, 9.17) is 9.47 Å². The van der Waals surface area contributed by atoms with Crippen LogP contribution in [0.3, 0.4) is 0 Å². The molecule has 0 aliphatic rings. The Hall–Kier alpha value is -2.79. The van der Waals surface area contributed by atoms with E-state index in [-0.39, 0.29) is 10.6 Å². The fraction of sp³-hybridized carbons (Fsp3) is 0.278. The molecule has 0 aromatic heterocycles. The molecule has 0 unspecified atom stereocenters. The first-order valence-electron chi connectivity index (χ1n) is 8.21. The first-order chi connectivity index (χ1) is 13.5. The molecule has 0 heterocycles. The van der Waals surface area contributed by atoms with Gasteiger partial charge in [-0.15, -0.1) is 0 Å². The van der Waals surface area contributed by atoms with E-state index in [1.807, 2.05) is 0 Å². The van der Waals surface area contributed by atoms with Gasteiger partial charge in [-0.25, -0.2) is 8.42 Å². The van der Waals surface area contributed by atoms with Crippen molar-refractivity contribution in [1.82, 2.24) is 4.72 Å². The zero-order valence-corrected chi connectivity index (χ0v) is 16.5. The Morgan fingerprint density at radius 1 is 1.03 bits per heavy atom. The van der Waals surface area contributed by atoms with Crippen molar-refractivity contribution in [2.24, 2.45) is 0 Å². The fourth-order valence-electron chi connectivity index (χ4n) is 2.42. The van der Waals surface area contributed by atoms with Gasteiger partial charge >= 0.3 is 6.18 Å². The van der Waals surface area contributed by atoms with Crippen molar-refractivity contribution in [3.8, 4) is 11.5 Å². The lowest BCUT2D eigenvalue weighted by molar-refractivity contribution is -0.137. The zero-order chi connectivity index (χ0) is 21.8. The second kappa shape index (κ2) is 8.70. The number of sulfonamides is 1. The summed E-state index contributed by atoms with van der Waals surface area (Å²) in [5.74, 6) is -0.488. The standard InChI is InChI=1S/C18H19F3N2O5S/c1-11(17(24)22-14-7-5-4-6-13(14)18(19,20)21)23-29(25,26)12-8-9-15(27-2)16(10-12)28-3/h4-11,23H,1-3H3,(H,22,24)/t11-/m0/s1. The van der Waals surface area contributed by atoms with Crippen molar-refractivity contribution in [2.45, 2.75) is 24.0 Å². The smallest absolute Gasteiger partial charge is 0.418 e. The largest absolute Gasteiger partial charge is 0.493 e. The van der Waals surface area contributed by atoms with Gasteiger partial charge in [0.25, 0.3) is 0 Å². The van der Waals surface area contributed by atoms with Gasteiger partial charge in [-0.2, -0.15) is 17.9 Å². The van der Waals surface area contributed by atoms with Crippen LogP contribution in [0.5, 0.6) is 11.5 Å². The van der Waals surface area contributed by atoms with Crippen LogP contribution in [0.4, 0.5) is 18.9 Å². The maximum atomic E-state index is 13.0. The molecule has 1 amide bonds. The highest BCUT2D eigenvalue weighted by molar-refractivity contribution is 7.89. The third kappa shape index (κ3) is 5.39. The highest BCUT2D eigenvalue weighted by Gasteiger charge is 2.34. The van der Waals surface area contributed by atoms with Gasteiger partial charge in [0.1, 0.15) is 0 Å². The Bertz CT molecular complexity index is 993. The van der Waals surface area contributed by atoms with Crippen LogP contribution >= 0.6 is 0 Å². The quantitative estimate of drug-likeness (QED) is 0.702. The average molecular weight is 432 g/mol. The molecule has 0 radical (unpaired) electrons. The number of ether oxygens (including phenoxy) is 2.